The van der Waals surface area contributed by atoms with Crippen molar-refractivity contribution in [2.75, 3.05) is 6.54 Å². The Morgan fingerprint density at radius 2 is 2.26 bits per heavy atom. The number of halogens is 1. The van der Waals surface area contributed by atoms with Crippen molar-refractivity contribution < 1.29 is 0 Å². The Hall–Kier alpha value is -0.780. The molecule has 5 heteroatoms. The summed E-state index contributed by atoms with van der Waals surface area (Å²) in [7, 11) is 0. The molecular formula is C14H18BrN3S. The normalized spacial score (nSPS) is 12.6. The highest BCUT2D eigenvalue weighted by Crippen LogP contribution is 2.25. The summed E-state index contributed by atoms with van der Waals surface area (Å²) < 4.78 is 1.03. The van der Waals surface area contributed by atoms with Crippen LogP contribution in [-0.2, 0) is 6.42 Å². The third-order valence-electron chi connectivity index (χ3n) is 2.94. The molecule has 1 atom stereocenters. The van der Waals surface area contributed by atoms with Crippen LogP contribution in [0.1, 0.15) is 35.5 Å². The minimum Gasteiger partial charge on any atom is -0.309 e. The van der Waals surface area contributed by atoms with E-state index in [0.717, 1.165) is 29.6 Å². The minimum atomic E-state index is 0.323. The van der Waals surface area contributed by atoms with Crippen molar-refractivity contribution in [3.63, 3.8) is 0 Å². The zero-order valence-electron chi connectivity index (χ0n) is 11.2. The molecule has 0 amide bonds. The van der Waals surface area contributed by atoms with Gasteiger partial charge in [-0.05, 0) is 53.9 Å². The zero-order chi connectivity index (χ0) is 13.7. The first-order valence-electron chi connectivity index (χ1n) is 6.43. The molecule has 0 spiro atoms. The molecule has 0 aliphatic heterocycles. The largest absolute Gasteiger partial charge is 0.309 e. The number of hydrogen-bond donors (Lipinski definition) is 1. The van der Waals surface area contributed by atoms with E-state index >= 15 is 0 Å². The third-order valence-corrected chi connectivity index (χ3v) is 4.42. The average molecular weight is 340 g/mol. The summed E-state index contributed by atoms with van der Waals surface area (Å²) in [6.07, 6.45) is 5.82. The van der Waals surface area contributed by atoms with E-state index in [1.807, 2.05) is 17.9 Å². The lowest BCUT2D eigenvalue weighted by atomic mass is 10.1. The molecule has 1 unspecified atom stereocenters. The van der Waals surface area contributed by atoms with Gasteiger partial charge in [0.25, 0.3) is 0 Å². The number of nitrogens with one attached hydrogen (secondary N) is 1. The Bertz CT molecular complexity index is 527. The summed E-state index contributed by atoms with van der Waals surface area (Å²) in [6.45, 7) is 5.28. The van der Waals surface area contributed by atoms with Gasteiger partial charge in [-0.1, -0.05) is 6.92 Å². The van der Waals surface area contributed by atoms with Gasteiger partial charge in [0.15, 0.2) is 0 Å². The molecule has 0 aromatic carbocycles. The van der Waals surface area contributed by atoms with Crippen LogP contribution in [0.25, 0.3) is 0 Å². The number of thiazole rings is 1. The molecule has 0 aliphatic carbocycles. The highest BCUT2D eigenvalue weighted by atomic mass is 79.9. The second-order valence-electron chi connectivity index (χ2n) is 4.52. The summed E-state index contributed by atoms with van der Waals surface area (Å²) >= 11 is 5.20. The molecule has 2 aromatic rings. The molecule has 0 saturated heterocycles. The third kappa shape index (κ3) is 4.09. The van der Waals surface area contributed by atoms with Crippen molar-refractivity contribution >= 4 is 27.3 Å². The summed E-state index contributed by atoms with van der Waals surface area (Å²) in [4.78, 5) is 9.92. The first-order chi connectivity index (χ1) is 9.20. The van der Waals surface area contributed by atoms with Gasteiger partial charge in [0, 0.05) is 27.8 Å². The van der Waals surface area contributed by atoms with Crippen LogP contribution in [0.3, 0.4) is 0 Å². The quantitative estimate of drug-likeness (QED) is 0.867. The molecule has 0 fully saturated rings. The SMILES string of the molecule is CCCNC(Cc1cncc(Br)c1)c1scnc1C. The molecule has 2 rings (SSSR count). The lowest BCUT2D eigenvalue weighted by molar-refractivity contribution is 0.533. The molecule has 102 valence electrons. The van der Waals surface area contributed by atoms with Gasteiger partial charge < -0.3 is 5.32 Å². The van der Waals surface area contributed by atoms with Crippen molar-refractivity contribution in [3.8, 4) is 0 Å². The van der Waals surface area contributed by atoms with Crippen molar-refractivity contribution in [1.82, 2.24) is 15.3 Å². The fourth-order valence-electron chi connectivity index (χ4n) is 2.02. The highest BCUT2D eigenvalue weighted by Gasteiger charge is 2.16. The number of nitrogens with zero attached hydrogens (tertiary/aromatic N) is 2. The molecule has 19 heavy (non-hydrogen) atoms. The van der Waals surface area contributed by atoms with Crippen LogP contribution in [-0.4, -0.2) is 16.5 Å². The van der Waals surface area contributed by atoms with Gasteiger partial charge in [-0.2, -0.15) is 0 Å². The average Bonchev–Trinajstić information content (AvgIpc) is 2.81. The van der Waals surface area contributed by atoms with Crippen molar-refractivity contribution in [2.45, 2.75) is 32.7 Å². The van der Waals surface area contributed by atoms with E-state index in [2.05, 4.69) is 51.1 Å². The lowest BCUT2D eigenvalue weighted by Gasteiger charge is -2.18. The van der Waals surface area contributed by atoms with Crippen LogP contribution in [0.15, 0.2) is 28.4 Å². The van der Waals surface area contributed by atoms with Crippen LogP contribution in [0, 0.1) is 6.92 Å². The molecule has 0 bridgehead atoms. The van der Waals surface area contributed by atoms with Gasteiger partial charge in [-0.15, -0.1) is 11.3 Å². The fraction of sp³-hybridized carbons (Fsp3) is 0.429. The molecule has 0 saturated carbocycles. The van der Waals surface area contributed by atoms with Crippen LogP contribution in [0.5, 0.6) is 0 Å². The highest BCUT2D eigenvalue weighted by molar-refractivity contribution is 9.10. The minimum absolute atomic E-state index is 0.323. The number of aryl methyl sites for hydroxylation is 1. The molecule has 3 nitrogen and oxygen atoms in total. The first-order valence-corrected chi connectivity index (χ1v) is 8.10. The van der Waals surface area contributed by atoms with Gasteiger partial charge in [0.05, 0.1) is 11.2 Å². The number of rotatable bonds is 6. The number of aromatic nitrogens is 2. The van der Waals surface area contributed by atoms with Gasteiger partial charge in [-0.3, -0.25) is 4.98 Å². The maximum Gasteiger partial charge on any atom is 0.0798 e. The van der Waals surface area contributed by atoms with Gasteiger partial charge in [0.1, 0.15) is 0 Å². The van der Waals surface area contributed by atoms with Crippen LogP contribution < -0.4 is 5.32 Å². The second kappa shape index (κ2) is 7.12. The predicted molar refractivity (Wildman–Crippen MR) is 83.5 cm³/mol. The molecule has 2 aromatic heterocycles. The van der Waals surface area contributed by atoms with Crippen LogP contribution in [0.4, 0.5) is 0 Å². The Morgan fingerprint density at radius 3 is 2.89 bits per heavy atom. The summed E-state index contributed by atoms with van der Waals surface area (Å²) in [5.41, 5.74) is 4.28. The van der Waals surface area contributed by atoms with Crippen LogP contribution >= 0.6 is 27.3 Å². The van der Waals surface area contributed by atoms with Gasteiger partial charge in [0.2, 0.25) is 0 Å². The van der Waals surface area contributed by atoms with E-state index in [0.29, 0.717) is 6.04 Å². The number of hydrogen-bond acceptors (Lipinski definition) is 4. The zero-order valence-corrected chi connectivity index (χ0v) is 13.6. The van der Waals surface area contributed by atoms with E-state index in [1.54, 1.807) is 11.3 Å². The first kappa shape index (κ1) is 14.6. The topological polar surface area (TPSA) is 37.8 Å². The van der Waals surface area contributed by atoms with Crippen molar-refractivity contribution in [3.05, 3.63) is 44.6 Å². The molecule has 0 radical (unpaired) electrons. The smallest absolute Gasteiger partial charge is 0.0798 e. The van der Waals surface area contributed by atoms with Crippen molar-refractivity contribution in [1.29, 1.82) is 0 Å². The summed E-state index contributed by atoms with van der Waals surface area (Å²) in [6, 6.07) is 2.45. The van der Waals surface area contributed by atoms with E-state index in [1.165, 1.54) is 10.4 Å². The fourth-order valence-corrected chi connectivity index (χ4v) is 3.32. The molecule has 1 N–H and O–H groups in total. The van der Waals surface area contributed by atoms with Gasteiger partial charge in [-0.25, -0.2) is 4.98 Å². The lowest BCUT2D eigenvalue weighted by Crippen LogP contribution is -2.24. The predicted octanol–water partition coefficient (Wildman–Crippen LogP) is 3.89. The Morgan fingerprint density at radius 1 is 1.42 bits per heavy atom. The van der Waals surface area contributed by atoms with Gasteiger partial charge >= 0.3 is 0 Å². The standard InChI is InChI=1S/C14H18BrN3S/c1-3-4-17-13(14-10(2)18-9-19-14)6-11-5-12(15)8-16-7-11/h5,7-9,13,17H,3-4,6H2,1-2H3. The second-order valence-corrected chi connectivity index (χ2v) is 6.33. The Balaban J connectivity index is 2.16. The maximum atomic E-state index is 4.36. The maximum absolute atomic E-state index is 4.36. The van der Waals surface area contributed by atoms with E-state index in [4.69, 9.17) is 0 Å². The van der Waals surface area contributed by atoms with Crippen LogP contribution in [0.2, 0.25) is 0 Å². The monoisotopic (exact) mass is 339 g/mol. The Kier molecular flexibility index (Phi) is 5.48. The molecular weight excluding hydrogens is 322 g/mol. The van der Waals surface area contributed by atoms with E-state index < -0.39 is 0 Å². The number of pyridine rings is 1. The Labute approximate surface area is 126 Å². The molecule has 0 aliphatic rings. The van der Waals surface area contributed by atoms with Crippen molar-refractivity contribution in [2.24, 2.45) is 0 Å². The summed E-state index contributed by atoms with van der Waals surface area (Å²) in [5.74, 6) is 0. The molecule has 2 heterocycles. The van der Waals surface area contributed by atoms with E-state index in [-0.39, 0.29) is 0 Å². The van der Waals surface area contributed by atoms with E-state index in [9.17, 15) is 0 Å². The summed E-state index contributed by atoms with van der Waals surface area (Å²) in [5, 5.41) is 3.61.